The number of carbonyl (C=O) groups is 1. The van der Waals surface area contributed by atoms with Gasteiger partial charge in [0.15, 0.2) is 0 Å². The number of fused-ring (bicyclic) bond motifs is 5. The van der Waals surface area contributed by atoms with E-state index in [0.29, 0.717) is 25.7 Å². The maximum Gasteiger partial charge on any atom is 0.138 e. The van der Waals surface area contributed by atoms with Gasteiger partial charge in [0.25, 0.3) is 0 Å². The smallest absolute Gasteiger partial charge is 0.138 e. The maximum absolute atomic E-state index is 12.9. The topological polar surface area (TPSA) is 77.8 Å². The summed E-state index contributed by atoms with van der Waals surface area (Å²) in [5.74, 6) is 0.540. The molecule has 3 N–H and O–H groups in total. The molecule has 0 aromatic rings. The summed E-state index contributed by atoms with van der Waals surface area (Å²) in [6, 6.07) is 0. The molecular formula is C30H50O4. The molecule has 34 heavy (non-hydrogen) atoms. The molecule has 4 saturated carbocycles. The van der Waals surface area contributed by atoms with E-state index in [9.17, 15) is 20.1 Å². The van der Waals surface area contributed by atoms with Gasteiger partial charge in [-0.05, 0) is 99.7 Å². The molecule has 0 aliphatic heterocycles. The van der Waals surface area contributed by atoms with Gasteiger partial charge in [0.1, 0.15) is 5.78 Å². The van der Waals surface area contributed by atoms with E-state index >= 15 is 0 Å². The van der Waals surface area contributed by atoms with Gasteiger partial charge in [-0.15, -0.1) is 0 Å². The van der Waals surface area contributed by atoms with Gasteiger partial charge in [-0.2, -0.15) is 0 Å². The lowest BCUT2D eigenvalue weighted by Crippen LogP contribution is -2.69. The Balaban J connectivity index is 1.71. The second kappa shape index (κ2) is 8.15. The van der Waals surface area contributed by atoms with Crippen LogP contribution in [0.3, 0.4) is 0 Å². The lowest BCUT2D eigenvalue weighted by molar-refractivity contribution is -0.258. The second-order valence-corrected chi connectivity index (χ2v) is 14.4. The highest BCUT2D eigenvalue weighted by atomic mass is 16.3. The number of aliphatic hydroxyl groups is 3. The first-order chi connectivity index (χ1) is 15.5. The van der Waals surface area contributed by atoms with Crippen molar-refractivity contribution in [2.45, 2.75) is 125 Å². The summed E-state index contributed by atoms with van der Waals surface area (Å²) in [6.07, 6.45) is 7.43. The molecule has 0 amide bonds. The number of Topliss-reactive ketones (excluding diaryl/α,β-unsaturated/α-hetero) is 1. The fraction of sp³-hybridized carbons (Fsp3) is 0.900. The predicted molar refractivity (Wildman–Crippen MR) is 136 cm³/mol. The number of allylic oxidation sites excluding steroid dienone is 2. The van der Waals surface area contributed by atoms with Gasteiger partial charge < -0.3 is 15.3 Å². The molecule has 194 valence electrons. The van der Waals surface area contributed by atoms with Gasteiger partial charge in [0, 0.05) is 17.8 Å². The number of hydrogen-bond donors (Lipinski definition) is 3. The third kappa shape index (κ3) is 3.52. The Morgan fingerprint density at radius 3 is 2.32 bits per heavy atom. The third-order valence-corrected chi connectivity index (χ3v) is 12.0. The molecule has 4 nitrogen and oxygen atoms in total. The number of rotatable bonds is 4. The van der Waals surface area contributed by atoms with Crippen LogP contribution < -0.4 is 0 Å². The van der Waals surface area contributed by atoms with Crippen molar-refractivity contribution in [3.05, 3.63) is 11.6 Å². The van der Waals surface area contributed by atoms with E-state index in [0.717, 1.165) is 25.7 Å². The third-order valence-electron chi connectivity index (χ3n) is 12.0. The van der Waals surface area contributed by atoms with Crippen LogP contribution in [-0.4, -0.2) is 38.9 Å². The second-order valence-electron chi connectivity index (χ2n) is 14.4. The summed E-state index contributed by atoms with van der Waals surface area (Å²) >= 11 is 0. The van der Waals surface area contributed by atoms with Crippen LogP contribution in [0.15, 0.2) is 11.6 Å². The Kier molecular flexibility index (Phi) is 6.32. The quantitative estimate of drug-likeness (QED) is 0.458. The minimum absolute atomic E-state index is 0.0287. The van der Waals surface area contributed by atoms with E-state index in [1.54, 1.807) is 0 Å². The molecule has 0 spiro atoms. The minimum atomic E-state index is -0.822. The van der Waals surface area contributed by atoms with E-state index in [1.165, 1.54) is 5.57 Å². The number of aliphatic hydroxyl groups excluding tert-OH is 2. The zero-order valence-corrected chi connectivity index (χ0v) is 22.9. The minimum Gasteiger partial charge on any atom is -0.393 e. The van der Waals surface area contributed by atoms with Gasteiger partial charge in [0.2, 0.25) is 0 Å². The van der Waals surface area contributed by atoms with Crippen LogP contribution in [-0.2, 0) is 4.79 Å². The average molecular weight is 475 g/mol. The maximum atomic E-state index is 12.9. The predicted octanol–water partition coefficient (Wildman–Crippen LogP) is 5.68. The molecule has 0 heterocycles. The van der Waals surface area contributed by atoms with Gasteiger partial charge in [0.05, 0.1) is 17.8 Å². The fourth-order valence-electron chi connectivity index (χ4n) is 10.3. The zero-order chi connectivity index (χ0) is 25.5. The van der Waals surface area contributed by atoms with Crippen LogP contribution in [0, 0.1) is 45.3 Å². The van der Waals surface area contributed by atoms with Gasteiger partial charge in [-0.1, -0.05) is 46.3 Å². The van der Waals surface area contributed by atoms with Crippen LogP contribution in [0.5, 0.6) is 0 Å². The average Bonchev–Trinajstić information content (AvgIpc) is 3.07. The van der Waals surface area contributed by atoms with Crippen molar-refractivity contribution >= 4 is 5.78 Å². The molecule has 4 rings (SSSR count). The highest BCUT2D eigenvalue weighted by Crippen LogP contribution is 2.75. The monoisotopic (exact) mass is 474 g/mol. The standard InChI is InChI=1S/C30H50O4/c1-18(2)10-9-13-30(8,34)19-11-15-28(6)24(19)20(31)16-22-27(5)14-12-23(33)26(3,4)25(27)21(32)17-29(22,28)7/h10,19-22,24-25,31-32,34H,9,11-17H2,1-8H3/t19?,20-,21+,22-,24+,25+,27-,28-,29-,30+/m1/s1. The summed E-state index contributed by atoms with van der Waals surface area (Å²) in [5, 5.41) is 35.0. The molecule has 4 fully saturated rings. The normalized spacial score (nSPS) is 49.4. The molecule has 0 aromatic carbocycles. The molecule has 1 unspecified atom stereocenters. The van der Waals surface area contributed by atoms with Gasteiger partial charge in [-0.3, -0.25) is 4.79 Å². The van der Waals surface area contributed by atoms with E-state index < -0.39 is 23.2 Å². The summed E-state index contributed by atoms with van der Waals surface area (Å²) in [5.41, 5.74) is -0.555. The Bertz CT molecular complexity index is 854. The van der Waals surface area contributed by atoms with Crippen molar-refractivity contribution in [1.82, 2.24) is 0 Å². The number of ketones is 1. The highest BCUT2D eigenvalue weighted by molar-refractivity contribution is 5.85. The van der Waals surface area contributed by atoms with E-state index in [1.807, 2.05) is 20.8 Å². The van der Waals surface area contributed by atoms with Crippen molar-refractivity contribution in [3.63, 3.8) is 0 Å². The highest BCUT2D eigenvalue weighted by Gasteiger charge is 2.73. The molecule has 0 aromatic heterocycles. The van der Waals surface area contributed by atoms with Crippen molar-refractivity contribution in [1.29, 1.82) is 0 Å². The Morgan fingerprint density at radius 1 is 1.06 bits per heavy atom. The summed E-state index contributed by atoms with van der Waals surface area (Å²) in [6.45, 7) is 17.2. The van der Waals surface area contributed by atoms with E-state index in [-0.39, 0.29) is 45.7 Å². The Morgan fingerprint density at radius 2 is 1.71 bits per heavy atom. The van der Waals surface area contributed by atoms with E-state index in [4.69, 9.17) is 0 Å². The first-order valence-corrected chi connectivity index (χ1v) is 13.8. The molecular weight excluding hydrogens is 424 g/mol. The number of carbonyl (C=O) groups excluding carboxylic acids is 1. The van der Waals surface area contributed by atoms with Crippen LogP contribution >= 0.6 is 0 Å². The molecule has 4 aliphatic rings. The first-order valence-electron chi connectivity index (χ1n) is 13.8. The van der Waals surface area contributed by atoms with Crippen LogP contribution in [0.1, 0.15) is 107 Å². The molecule has 4 heteroatoms. The molecule has 4 aliphatic carbocycles. The van der Waals surface area contributed by atoms with Gasteiger partial charge >= 0.3 is 0 Å². The number of hydrogen-bond acceptors (Lipinski definition) is 4. The lowest BCUT2D eigenvalue weighted by atomic mass is 9.34. The summed E-state index contributed by atoms with van der Waals surface area (Å²) < 4.78 is 0. The fourth-order valence-corrected chi connectivity index (χ4v) is 10.3. The zero-order valence-electron chi connectivity index (χ0n) is 22.9. The lowest BCUT2D eigenvalue weighted by Gasteiger charge is -2.70. The molecule has 0 bridgehead atoms. The summed E-state index contributed by atoms with van der Waals surface area (Å²) in [7, 11) is 0. The SMILES string of the molecule is CC(C)=CCC[C@](C)(O)C1CC[C@]2(C)[C@@H]1[C@H](O)C[C@@H]1[C@@]3(C)CCC(=O)C(C)(C)[C@@H]3[C@@H](O)C[C@]12C. The van der Waals surface area contributed by atoms with Crippen LogP contribution in [0.25, 0.3) is 0 Å². The molecule has 10 atom stereocenters. The van der Waals surface area contributed by atoms with Crippen molar-refractivity contribution < 1.29 is 20.1 Å². The van der Waals surface area contributed by atoms with Gasteiger partial charge in [-0.25, -0.2) is 0 Å². The molecule has 0 saturated heterocycles. The Hall–Kier alpha value is -0.710. The van der Waals surface area contributed by atoms with Crippen molar-refractivity contribution in [2.75, 3.05) is 0 Å². The van der Waals surface area contributed by atoms with Crippen molar-refractivity contribution in [2.24, 2.45) is 45.3 Å². The van der Waals surface area contributed by atoms with Crippen LogP contribution in [0.4, 0.5) is 0 Å². The Labute approximate surface area is 207 Å². The molecule has 0 radical (unpaired) electrons. The largest absolute Gasteiger partial charge is 0.393 e. The van der Waals surface area contributed by atoms with E-state index in [2.05, 4.69) is 40.7 Å². The van der Waals surface area contributed by atoms with Crippen LogP contribution in [0.2, 0.25) is 0 Å². The first kappa shape index (κ1) is 26.4. The summed E-state index contributed by atoms with van der Waals surface area (Å²) in [4.78, 5) is 12.9. The van der Waals surface area contributed by atoms with Crippen molar-refractivity contribution in [3.8, 4) is 0 Å².